The highest BCUT2D eigenvalue weighted by atomic mass is 14.6. The van der Waals surface area contributed by atoms with E-state index in [1.165, 1.54) is 32.1 Å². The Bertz CT molecular complexity index is 122. The average Bonchev–Trinajstić information content (AvgIpc) is 2.16. The number of nitrogens with two attached hydrogens (primary N) is 1. The van der Waals surface area contributed by atoms with Crippen molar-refractivity contribution in [1.82, 2.24) is 0 Å². The molecule has 0 aromatic rings. The normalized spacial score (nSPS) is 33.2. The molecule has 1 aliphatic rings. The largest absolute Gasteiger partial charge is 0.330 e. The lowest BCUT2D eigenvalue weighted by Crippen LogP contribution is -2.30. The first-order chi connectivity index (χ1) is 5.79. The van der Waals surface area contributed by atoms with E-state index in [0.29, 0.717) is 0 Å². The Morgan fingerprint density at radius 3 is 2.58 bits per heavy atom. The van der Waals surface area contributed by atoms with Crippen LogP contribution in [0.25, 0.3) is 0 Å². The highest BCUT2D eigenvalue weighted by molar-refractivity contribution is 4.79. The Hall–Kier alpha value is -0.0400. The third-order valence-corrected chi connectivity index (χ3v) is 3.65. The molecule has 1 heteroatoms. The van der Waals surface area contributed by atoms with E-state index in [2.05, 4.69) is 13.8 Å². The van der Waals surface area contributed by atoms with E-state index in [1.54, 1.807) is 0 Å². The van der Waals surface area contributed by atoms with Crippen LogP contribution in [0.15, 0.2) is 0 Å². The Labute approximate surface area is 76.7 Å². The number of hydrogen-bond donors (Lipinski definition) is 1. The minimum absolute atomic E-state index is 0.827. The molecule has 1 rings (SSSR count). The molecule has 12 heavy (non-hydrogen) atoms. The van der Waals surface area contributed by atoms with Gasteiger partial charge in [0.2, 0.25) is 0 Å². The van der Waals surface area contributed by atoms with Gasteiger partial charge in [-0.05, 0) is 37.1 Å². The van der Waals surface area contributed by atoms with Gasteiger partial charge < -0.3 is 5.73 Å². The Morgan fingerprint density at radius 2 is 2.00 bits per heavy atom. The van der Waals surface area contributed by atoms with Crippen molar-refractivity contribution in [3.05, 3.63) is 0 Å². The number of rotatable bonds is 3. The van der Waals surface area contributed by atoms with Gasteiger partial charge in [0.25, 0.3) is 0 Å². The highest BCUT2D eigenvalue weighted by Crippen LogP contribution is 2.35. The molecule has 0 heterocycles. The van der Waals surface area contributed by atoms with E-state index < -0.39 is 0 Å². The van der Waals surface area contributed by atoms with Gasteiger partial charge in [-0.3, -0.25) is 0 Å². The summed E-state index contributed by atoms with van der Waals surface area (Å²) < 4.78 is 0. The maximum Gasteiger partial charge on any atom is -0.00461 e. The Morgan fingerprint density at radius 1 is 1.33 bits per heavy atom. The van der Waals surface area contributed by atoms with Crippen molar-refractivity contribution >= 4 is 0 Å². The summed E-state index contributed by atoms with van der Waals surface area (Å²) in [4.78, 5) is 0. The number of hydrogen-bond acceptors (Lipinski definition) is 1. The third kappa shape index (κ3) is 2.22. The van der Waals surface area contributed by atoms with Crippen molar-refractivity contribution in [2.24, 2.45) is 23.5 Å². The minimum atomic E-state index is 0.827. The smallest absolute Gasteiger partial charge is 0.00461 e. The molecule has 0 amide bonds. The van der Waals surface area contributed by atoms with Crippen molar-refractivity contribution in [3.8, 4) is 0 Å². The quantitative estimate of drug-likeness (QED) is 0.690. The zero-order chi connectivity index (χ0) is 8.97. The molecule has 1 fully saturated rings. The second kappa shape index (κ2) is 4.86. The standard InChI is InChI=1S/C11H23N/c1-3-9(2)11-7-5-4-6-10(11)8-12/h9-11H,3-8,12H2,1-2H3. The lowest BCUT2D eigenvalue weighted by molar-refractivity contribution is 0.172. The molecule has 0 radical (unpaired) electrons. The van der Waals surface area contributed by atoms with E-state index in [9.17, 15) is 0 Å². The molecule has 72 valence electrons. The lowest BCUT2D eigenvalue weighted by atomic mass is 9.72. The maximum absolute atomic E-state index is 5.79. The summed E-state index contributed by atoms with van der Waals surface area (Å²) in [7, 11) is 0. The SMILES string of the molecule is CCC(C)C1CCCCC1CN. The van der Waals surface area contributed by atoms with Crippen LogP contribution in [0.2, 0.25) is 0 Å². The topological polar surface area (TPSA) is 26.0 Å². The zero-order valence-electron chi connectivity index (χ0n) is 8.55. The average molecular weight is 169 g/mol. The monoisotopic (exact) mass is 169 g/mol. The van der Waals surface area contributed by atoms with Crippen LogP contribution < -0.4 is 5.73 Å². The van der Waals surface area contributed by atoms with Gasteiger partial charge in [-0.1, -0.05) is 33.1 Å². The third-order valence-electron chi connectivity index (χ3n) is 3.65. The minimum Gasteiger partial charge on any atom is -0.330 e. The fourth-order valence-electron chi connectivity index (χ4n) is 2.58. The molecular weight excluding hydrogens is 146 g/mol. The fraction of sp³-hybridized carbons (Fsp3) is 1.00. The van der Waals surface area contributed by atoms with Crippen molar-refractivity contribution < 1.29 is 0 Å². The molecule has 3 unspecified atom stereocenters. The van der Waals surface area contributed by atoms with Crippen LogP contribution in [-0.2, 0) is 0 Å². The van der Waals surface area contributed by atoms with Gasteiger partial charge in [0.05, 0.1) is 0 Å². The zero-order valence-corrected chi connectivity index (χ0v) is 8.55. The fourth-order valence-corrected chi connectivity index (χ4v) is 2.58. The summed E-state index contributed by atoms with van der Waals surface area (Å²) in [5, 5.41) is 0. The second-order valence-corrected chi connectivity index (χ2v) is 4.33. The molecule has 2 N–H and O–H groups in total. The van der Waals surface area contributed by atoms with Gasteiger partial charge in [-0.2, -0.15) is 0 Å². The van der Waals surface area contributed by atoms with E-state index >= 15 is 0 Å². The molecule has 0 aromatic heterocycles. The Balaban J connectivity index is 2.46. The lowest BCUT2D eigenvalue weighted by Gasteiger charge is -2.34. The van der Waals surface area contributed by atoms with Crippen molar-refractivity contribution in [2.45, 2.75) is 46.0 Å². The summed E-state index contributed by atoms with van der Waals surface area (Å²) in [6.07, 6.45) is 6.98. The molecule has 1 nitrogen and oxygen atoms in total. The van der Waals surface area contributed by atoms with Crippen LogP contribution in [-0.4, -0.2) is 6.54 Å². The van der Waals surface area contributed by atoms with Crippen LogP contribution in [0.5, 0.6) is 0 Å². The predicted molar refractivity (Wildman–Crippen MR) is 54.0 cm³/mol. The van der Waals surface area contributed by atoms with E-state index in [-0.39, 0.29) is 0 Å². The van der Waals surface area contributed by atoms with Crippen LogP contribution in [0.4, 0.5) is 0 Å². The summed E-state index contributed by atoms with van der Waals surface area (Å²) in [5.41, 5.74) is 5.79. The van der Waals surface area contributed by atoms with Gasteiger partial charge >= 0.3 is 0 Å². The highest BCUT2D eigenvalue weighted by Gasteiger charge is 2.27. The maximum atomic E-state index is 5.79. The summed E-state index contributed by atoms with van der Waals surface area (Å²) in [5.74, 6) is 2.64. The molecule has 0 aliphatic heterocycles. The summed E-state index contributed by atoms with van der Waals surface area (Å²) >= 11 is 0. The second-order valence-electron chi connectivity index (χ2n) is 4.33. The first-order valence-corrected chi connectivity index (χ1v) is 5.49. The summed E-state index contributed by atoms with van der Waals surface area (Å²) in [6, 6.07) is 0. The van der Waals surface area contributed by atoms with Crippen LogP contribution in [0, 0.1) is 17.8 Å². The first kappa shape index (κ1) is 10.0. The molecule has 0 spiro atoms. The Kier molecular flexibility index (Phi) is 4.07. The van der Waals surface area contributed by atoms with Crippen molar-refractivity contribution in [1.29, 1.82) is 0 Å². The van der Waals surface area contributed by atoms with Crippen LogP contribution in [0.1, 0.15) is 46.0 Å². The van der Waals surface area contributed by atoms with Gasteiger partial charge in [-0.25, -0.2) is 0 Å². The molecule has 1 aliphatic carbocycles. The van der Waals surface area contributed by atoms with E-state index in [1.807, 2.05) is 0 Å². The molecular formula is C11H23N. The predicted octanol–water partition coefficient (Wildman–Crippen LogP) is 2.80. The van der Waals surface area contributed by atoms with E-state index in [0.717, 1.165) is 24.3 Å². The van der Waals surface area contributed by atoms with Gasteiger partial charge in [0.15, 0.2) is 0 Å². The van der Waals surface area contributed by atoms with Gasteiger partial charge in [0, 0.05) is 0 Å². The molecule has 1 saturated carbocycles. The van der Waals surface area contributed by atoms with Gasteiger partial charge in [0.1, 0.15) is 0 Å². The molecule has 0 saturated heterocycles. The summed E-state index contributed by atoms with van der Waals surface area (Å²) in [6.45, 7) is 5.60. The van der Waals surface area contributed by atoms with Crippen molar-refractivity contribution in [3.63, 3.8) is 0 Å². The molecule has 0 bridgehead atoms. The van der Waals surface area contributed by atoms with Crippen LogP contribution >= 0.6 is 0 Å². The molecule has 0 aromatic carbocycles. The van der Waals surface area contributed by atoms with Gasteiger partial charge in [-0.15, -0.1) is 0 Å². The van der Waals surface area contributed by atoms with Crippen LogP contribution in [0.3, 0.4) is 0 Å². The van der Waals surface area contributed by atoms with Crippen molar-refractivity contribution in [2.75, 3.05) is 6.54 Å². The molecule has 3 atom stereocenters. The van der Waals surface area contributed by atoms with E-state index in [4.69, 9.17) is 5.73 Å². The first-order valence-electron chi connectivity index (χ1n) is 5.49.